The molecule has 2 heterocycles. The van der Waals surface area contributed by atoms with Gasteiger partial charge in [0.2, 0.25) is 0 Å². The lowest BCUT2D eigenvalue weighted by molar-refractivity contribution is -0.0484. The van der Waals surface area contributed by atoms with Crippen LogP contribution in [0.5, 0.6) is 0 Å². The summed E-state index contributed by atoms with van der Waals surface area (Å²) >= 11 is 0. The summed E-state index contributed by atoms with van der Waals surface area (Å²) in [4.78, 5) is 29.7. The maximum atomic E-state index is 12.9. The number of hydrogen-bond acceptors (Lipinski definition) is 5. The molecule has 2 atom stereocenters. The monoisotopic (exact) mass is 373 g/mol. The molecule has 1 amide bonds. The minimum absolute atomic E-state index is 0.0313. The van der Waals surface area contributed by atoms with Crippen molar-refractivity contribution < 1.29 is 4.79 Å². The molecule has 0 saturated heterocycles. The molecule has 6 heteroatoms. The quantitative estimate of drug-likeness (QED) is 0.819. The number of amides is 1. The molecule has 2 aromatic heterocycles. The molecule has 0 aromatic carbocycles. The van der Waals surface area contributed by atoms with Crippen LogP contribution in [0.3, 0.4) is 0 Å². The molecule has 0 radical (unpaired) electrons. The zero-order valence-electron chi connectivity index (χ0n) is 16.0. The number of aromatic nitrogens is 4. The molecular formula is C22H23N5O. The van der Waals surface area contributed by atoms with Gasteiger partial charge >= 0.3 is 0 Å². The highest BCUT2D eigenvalue weighted by atomic mass is 16.2. The van der Waals surface area contributed by atoms with E-state index in [1.165, 1.54) is 6.42 Å². The zero-order valence-corrected chi connectivity index (χ0v) is 16.0. The van der Waals surface area contributed by atoms with Crippen LogP contribution in [0.25, 0.3) is 0 Å². The van der Waals surface area contributed by atoms with Crippen LogP contribution in [0.4, 0.5) is 0 Å². The lowest BCUT2D eigenvalue weighted by Crippen LogP contribution is -2.63. The van der Waals surface area contributed by atoms with Crippen LogP contribution < -0.4 is 5.32 Å². The molecule has 4 bridgehead atoms. The van der Waals surface area contributed by atoms with Gasteiger partial charge in [0.25, 0.3) is 5.91 Å². The average Bonchev–Trinajstić information content (AvgIpc) is 2.66. The summed E-state index contributed by atoms with van der Waals surface area (Å²) in [6.45, 7) is 1.80. The number of carbonyl (C=O) groups is 1. The molecule has 2 aromatic rings. The van der Waals surface area contributed by atoms with Gasteiger partial charge in [-0.1, -0.05) is 5.92 Å². The number of hydrogen-bond donors (Lipinski definition) is 1. The van der Waals surface area contributed by atoms with E-state index in [-0.39, 0.29) is 16.9 Å². The van der Waals surface area contributed by atoms with Gasteiger partial charge in [-0.15, -0.1) is 0 Å². The lowest BCUT2D eigenvalue weighted by atomic mass is 9.47. The van der Waals surface area contributed by atoms with Gasteiger partial charge in [-0.3, -0.25) is 9.78 Å². The number of rotatable bonds is 2. The average molecular weight is 373 g/mol. The molecule has 0 aliphatic heterocycles. The first-order chi connectivity index (χ1) is 13.5. The summed E-state index contributed by atoms with van der Waals surface area (Å²) in [6, 6.07) is 1.69. The first-order valence-electron chi connectivity index (χ1n) is 9.95. The first-order valence-corrected chi connectivity index (χ1v) is 9.95. The summed E-state index contributed by atoms with van der Waals surface area (Å²) < 4.78 is 0. The van der Waals surface area contributed by atoms with Gasteiger partial charge in [-0.25, -0.2) is 15.0 Å². The Kier molecular flexibility index (Phi) is 3.94. The van der Waals surface area contributed by atoms with Crippen LogP contribution in [0.1, 0.15) is 60.5 Å². The van der Waals surface area contributed by atoms with Crippen LogP contribution in [0, 0.1) is 36.0 Å². The largest absolute Gasteiger partial charge is 0.345 e. The molecule has 0 spiro atoms. The van der Waals surface area contributed by atoms with Gasteiger partial charge in [-0.05, 0) is 69.3 Å². The van der Waals surface area contributed by atoms with Gasteiger partial charge in [0, 0.05) is 29.5 Å². The fourth-order valence-corrected chi connectivity index (χ4v) is 6.00. The van der Waals surface area contributed by atoms with Crippen molar-refractivity contribution >= 4 is 5.91 Å². The Labute approximate surface area is 164 Å². The van der Waals surface area contributed by atoms with Crippen LogP contribution in [-0.4, -0.2) is 31.4 Å². The summed E-state index contributed by atoms with van der Waals surface area (Å²) in [6.07, 6.45) is 13.2. The van der Waals surface area contributed by atoms with E-state index in [9.17, 15) is 4.79 Å². The summed E-state index contributed by atoms with van der Waals surface area (Å²) in [5.41, 5.74) is 0.962. The standard InChI is InChI=1S/C22H23N5O/c1-15-24-5-3-19(26-15)20(28)27-22-11-16-8-17(12-22)10-21(9-16,14-22)4-2-18-13-23-6-7-25-18/h3,5-7,13,16-17H,8-12,14H2,1H3,(H,27,28). The van der Waals surface area contributed by atoms with E-state index >= 15 is 0 Å². The van der Waals surface area contributed by atoms with Crippen LogP contribution in [0.2, 0.25) is 0 Å². The molecule has 2 unspecified atom stereocenters. The van der Waals surface area contributed by atoms with Gasteiger partial charge in [0.1, 0.15) is 17.2 Å². The van der Waals surface area contributed by atoms with Crippen molar-refractivity contribution in [1.82, 2.24) is 25.3 Å². The topological polar surface area (TPSA) is 80.7 Å². The molecule has 6 rings (SSSR count). The van der Waals surface area contributed by atoms with E-state index in [1.54, 1.807) is 37.8 Å². The minimum atomic E-state index is -0.170. The van der Waals surface area contributed by atoms with Crippen LogP contribution in [0.15, 0.2) is 30.9 Å². The summed E-state index contributed by atoms with van der Waals surface area (Å²) in [7, 11) is 0. The number of nitrogens with zero attached hydrogens (tertiary/aromatic N) is 4. The Morgan fingerprint density at radius 3 is 2.68 bits per heavy atom. The van der Waals surface area contributed by atoms with Crippen LogP contribution in [-0.2, 0) is 0 Å². The van der Waals surface area contributed by atoms with E-state index < -0.39 is 0 Å². The fraction of sp³-hybridized carbons (Fsp3) is 0.500. The minimum Gasteiger partial charge on any atom is -0.345 e. The normalized spacial score (nSPS) is 32.5. The molecule has 1 N–H and O–H groups in total. The van der Waals surface area contributed by atoms with Crippen molar-refractivity contribution in [2.75, 3.05) is 0 Å². The van der Waals surface area contributed by atoms with E-state index in [4.69, 9.17) is 0 Å². The van der Waals surface area contributed by atoms with E-state index in [1.807, 2.05) is 0 Å². The number of aryl methyl sites for hydroxylation is 1. The van der Waals surface area contributed by atoms with Crippen LogP contribution >= 0.6 is 0 Å². The predicted molar refractivity (Wildman–Crippen MR) is 103 cm³/mol. The molecule has 142 valence electrons. The van der Waals surface area contributed by atoms with Crippen molar-refractivity contribution in [2.24, 2.45) is 17.3 Å². The van der Waals surface area contributed by atoms with Gasteiger partial charge < -0.3 is 5.32 Å². The highest BCUT2D eigenvalue weighted by Gasteiger charge is 2.57. The fourth-order valence-electron chi connectivity index (χ4n) is 6.00. The van der Waals surface area contributed by atoms with E-state index in [0.29, 0.717) is 29.0 Å². The zero-order chi connectivity index (χ0) is 19.2. The highest BCUT2D eigenvalue weighted by molar-refractivity contribution is 5.92. The highest BCUT2D eigenvalue weighted by Crippen LogP contribution is 2.61. The third kappa shape index (κ3) is 3.15. The molecule has 6 nitrogen and oxygen atoms in total. The number of carbonyl (C=O) groups excluding carboxylic acids is 1. The third-order valence-corrected chi connectivity index (χ3v) is 6.47. The van der Waals surface area contributed by atoms with E-state index in [2.05, 4.69) is 37.1 Å². The lowest BCUT2D eigenvalue weighted by Gasteiger charge is -2.60. The Morgan fingerprint density at radius 1 is 1.14 bits per heavy atom. The molecule has 4 aliphatic rings. The molecule has 4 fully saturated rings. The maximum Gasteiger partial charge on any atom is 0.270 e. The Balaban J connectivity index is 1.42. The van der Waals surface area contributed by atoms with Crippen molar-refractivity contribution in [3.8, 4) is 11.8 Å². The Morgan fingerprint density at radius 2 is 1.96 bits per heavy atom. The molecule has 28 heavy (non-hydrogen) atoms. The second kappa shape index (κ2) is 6.37. The van der Waals surface area contributed by atoms with Gasteiger partial charge in [-0.2, -0.15) is 0 Å². The number of nitrogens with one attached hydrogen (secondary N) is 1. The van der Waals surface area contributed by atoms with Crippen molar-refractivity contribution in [3.63, 3.8) is 0 Å². The van der Waals surface area contributed by atoms with E-state index in [0.717, 1.165) is 32.1 Å². The Hall–Kier alpha value is -2.81. The molecular weight excluding hydrogens is 350 g/mol. The second-order valence-corrected chi connectivity index (χ2v) is 8.81. The Bertz CT molecular complexity index is 963. The van der Waals surface area contributed by atoms with Gasteiger partial charge in [0.05, 0.1) is 6.20 Å². The van der Waals surface area contributed by atoms with Gasteiger partial charge in [0.15, 0.2) is 0 Å². The second-order valence-electron chi connectivity index (χ2n) is 8.81. The van der Waals surface area contributed by atoms with Crippen molar-refractivity contribution in [3.05, 3.63) is 48.1 Å². The first kappa shape index (κ1) is 17.3. The molecule has 4 saturated carbocycles. The SMILES string of the molecule is Cc1nccc(C(=O)NC23CC4CC(CC(C#Cc5cnccn5)(C4)C2)C3)n1. The summed E-state index contributed by atoms with van der Waals surface area (Å²) in [5.74, 6) is 8.60. The molecule has 4 aliphatic carbocycles. The third-order valence-electron chi connectivity index (χ3n) is 6.47. The predicted octanol–water partition coefficient (Wildman–Crippen LogP) is 2.70. The van der Waals surface area contributed by atoms with Crippen molar-refractivity contribution in [2.45, 2.75) is 51.0 Å². The van der Waals surface area contributed by atoms with Crippen molar-refractivity contribution in [1.29, 1.82) is 0 Å². The maximum absolute atomic E-state index is 12.9. The summed E-state index contributed by atoms with van der Waals surface area (Å²) in [5, 5.41) is 3.37. The smallest absolute Gasteiger partial charge is 0.270 e.